The summed E-state index contributed by atoms with van der Waals surface area (Å²) in [6.45, 7) is 5.70. The van der Waals surface area contributed by atoms with Gasteiger partial charge in [0.2, 0.25) is 0 Å². The van der Waals surface area contributed by atoms with Crippen LogP contribution in [0.25, 0.3) is 5.57 Å². The Balaban J connectivity index is 2.28. The third-order valence-corrected chi connectivity index (χ3v) is 7.70. The fourth-order valence-electron chi connectivity index (χ4n) is 3.96. The van der Waals surface area contributed by atoms with Crippen LogP contribution in [0.2, 0.25) is 0 Å². The molecule has 1 radical (unpaired) electrons. The van der Waals surface area contributed by atoms with E-state index in [4.69, 9.17) is 0 Å². The summed E-state index contributed by atoms with van der Waals surface area (Å²) in [5.41, 5.74) is 1.83. The molecule has 0 aromatic heterocycles. The molecule has 0 fully saturated rings. The highest BCUT2D eigenvalue weighted by Gasteiger charge is 2.55. The number of rotatable bonds is 5. The average molecular weight is 403 g/mol. The van der Waals surface area contributed by atoms with Crippen LogP contribution in [0.1, 0.15) is 31.9 Å². The van der Waals surface area contributed by atoms with Crippen molar-refractivity contribution in [3.05, 3.63) is 77.4 Å². The molecular weight excluding hydrogens is 378 g/mol. The van der Waals surface area contributed by atoms with Crippen molar-refractivity contribution in [2.45, 2.75) is 31.8 Å². The summed E-state index contributed by atoms with van der Waals surface area (Å²) in [5, 5.41) is 14.7. The lowest BCUT2D eigenvalue weighted by molar-refractivity contribution is -0.244. The van der Waals surface area contributed by atoms with Crippen molar-refractivity contribution in [3.8, 4) is 0 Å². The molecule has 143 valence electrons. The molecule has 2 aromatic rings. The van der Waals surface area contributed by atoms with Gasteiger partial charge in [-0.2, -0.15) is 0 Å². The van der Waals surface area contributed by atoms with Crippen LogP contribution >= 0.6 is 10.8 Å². The maximum atomic E-state index is 13.6. The molecule has 0 N–H and O–H groups in total. The molecule has 1 aliphatic heterocycles. The summed E-state index contributed by atoms with van der Waals surface area (Å²) in [6.07, 6.45) is 1.20. The zero-order chi connectivity index (χ0) is 19.9. The second-order valence-electron chi connectivity index (χ2n) is 7.48. The normalized spacial score (nSPS) is 23.0. The molecular formula is C21H24NO3S2. The van der Waals surface area contributed by atoms with Gasteiger partial charge in [0, 0.05) is 12.0 Å². The van der Waals surface area contributed by atoms with Crippen molar-refractivity contribution in [2.75, 3.05) is 12.0 Å². The Kier molecular flexibility index (Phi) is 5.29. The van der Waals surface area contributed by atoms with Crippen molar-refractivity contribution in [1.29, 1.82) is 0 Å². The van der Waals surface area contributed by atoms with Gasteiger partial charge in [-0.05, 0) is 53.8 Å². The van der Waals surface area contributed by atoms with Gasteiger partial charge in [-0.1, -0.05) is 60.7 Å². The molecule has 1 atom stereocenters. The van der Waals surface area contributed by atoms with E-state index in [9.17, 15) is 13.6 Å². The lowest BCUT2D eigenvalue weighted by Crippen LogP contribution is -2.47. The zero-order valence-electron chi connectivity index (χ0n) is 16.0. The van der Waals surface area contributed by atoms with E-state index >= 15 is 0 Å². The standard InChI is InChI=1S/C21H24NO3S2/c1-20(2)19(16-11-7-5-8-12-16)18(15-26-27(4,24)25)21(3,22(20)23)17-13-9-6-10-14-17/h5-14H,15H2,1-4H3. The molecule has 1 aliphatic rings. The summed E-state index contributed by atoms with van der Waals surface area (Å²) in [5.74, 6) is 0.247. The predicted octanol–water partition coefficient (Wildman–Crippen LogP) is 4.49. The van der Waals surface area contributed by atoms with E-state index in [1.165, 1.54) is 6.26 Å². The largest absolute Gasteiger partial charge is 0.218 e. The van der Waals surface area contributed by atoms with E-state index in [1.54, 1.807) is 0 Å². The van der Waals surface area contributed by atoms with E-state index in [2.05, 4.69) is 0 Å². The maximum absolute atomic E-state index is 13.6. The smallest absolute Gasteiger partial charge is 0.199 e. The van der Waals surface area contributed by atoms with E-state index in [-0.39, 0.29) is 5.75 Å². The van der Waals surface area contributed by atoms with Gasteiger partial charge in [-0.25, -0.2) is 8.42 Å². The van der Waals surface area contributed by atoms with Crippen LogP contribution in [-0.4, -0.2) is 31.0 Å². The quantitative estimate of drug-likeness (QED) is 0.692. The number of benzene rings is 2. The Labute approximate surface area is 165 Å². The van der Waals surface area contributed by atoms with Gasteiger partial charge in [0.25, 0.3) is 0 Å². The van der Waals surface area contributed by atoms with E-state index < -0.39 is 19.9 Å². The molecule has 0 spiro atoms. The first-order valence-corrected chi connectivity index (χ1v) is 12.1. The topological polar surface area (TPSA) is 57.3 Å². The second kappa shape index (κ2) is 7.09. The zero-order valence-corrected chi connectivity index (χ0v) is 17.6. The van der Waals surface area contributed by atoms with Crippen LogP contribution in [0.15, 0.2) is 66.2 Å². The van der Waals surface area contributed by atoms with Gasteiger partial charge in [0.05, 0.1) is 11.1 Å². The minimum Gasteiger partial charge on any atom is -0.218 e. The second-order valence-corrected chi connectivity index (χ2v) is 11.9. The van der Waals surface area contributed by atoms with Crippen molar-refractivity contribution in [1.82, 2.24) is 5.06 Å². The number of hydroxylamine groups is 2. The molecule has 6 heteroatoms. The number of hydrogen-bond donors (Lipinski definition) is 0. The van der Waals surface area contributed by atoms with Gasteiger partial charge in [0.15, 0.2) is 8.87 Å². The van der Waals surface area contributed by atoms with Gasteiger partial charge in [-0.3, -0.25) is 0 Å². The molecule has 0 amide bonds. The summed E-state index contributed by atoms with van der Waals surface area (Å²) in [7, 11) is -2.36. The Bertz CT molecular complexity index is 953. The Morgan fingerprint density at radius 3 is 1.96 bits per heavy atom. The summed E-state index contributed by atoms with van der Waals surface area (Å²) >= 11 is 0. The van der Waals surface area contributed by atoms with E-state index in [0.29, 0.717) is 0 Å². The van der Waals surface area contributed by atoms with Crippen LogP contribution in [0, 0.1) is 0 Å². The number of hydrogen-bond acceptors (Lipinski definition) is 4. The molecule has 2 aromatic carbocycles. The van der Waals surface area contributed by atoms with Crippen molar-refractivity contribution >= 4 is 25.2 Å². The number of nitrogens with zero attached hydrogens (tertiary/aromatic N) is 1. The van der Waals surface area contributed by atoms with Crippen molar-refractivity contribution in [3.63, 3.8) is 0 Å². The summed E-state index contributed by atoms with van der Waals surface area (Å²) in [4.78, 5) is 0. The minimum absolute atomic E-state index is 0.247. The first kappa shape index (κ1) is 20.1. The molecule has 0 bridgehead atoms. The third-order valence-electron chi connectivity index (χ3n) is 5.23. The first-order chi connectivity index (χ1) is 12.6. The summed E-state index contributed by atoms with van der Waals surface area (Å²) < 4.78 is 23.7. The molecule has 1 unspecified atom stereocenters. The average Bonchev–Trinajstić information content (AvgIpc) is 2.79. The molecule has 0 saturated heterocycles. The predicted molar refractivity (Wildman–Crippen MR) is 111 cm³/mol. The van der Waals surface area contributed by atoms with Crippen LogP contribution in [0.4, 0.5) is 0 Å². The van der Waals surface area contributed by atoms with Crippen LogP contribution < -0.4 is 0 Å². The molecule has 0 saturated carbocycles. The summed E-state index contributed by atoms with van der Waals surface area (Å²) in [6, 6.07) is 19.4. The maximum Gasteiger partial charge on any atom is 0.199 e. The lowest BCUT2D eigenvalue weighted by atomic mass is 9.83. The Hall–Kier alpha value is -1.60. The van der Waals surface area contributed by atoms with Crippen LogP contribution in [0.5, 0.6) is 0 Å². The van der Waals surface area contributed by atoms with E-state index in [0.717, 1.165) is 38.1 Å². The molecule has 4 nitrogen and oxygen atoms in total. The molecule has 1 heterocycles. The highest BCUT2D eigenvalue weighted by Crippen LogP contribution is 2.54. The van der Waals surface area contributed by atoms with Crippen LogP contribution in [-0.2, 0) is 19.6 Å². The Morgan fingerprint density at radius 2 is 1.44 bits per heavy atom. The van der Waals surface area contributed by atoms with Gasteiger partial charge < -0.3 is 0 Å². The van der Waals surface area contributed by atoms with Crippen molar-refractivity contribution < 1.29 is 13.6 Å². The van der Waals surface area contributed by atoms with Gasteiger partial charge >= 0.3 is 0 Å². The highest BCUT2D eigenvalue weighted by atomic mass is 33.1. The van der Waals surface area contributed by atoms with Gasteiger partial charge in [-0.15, -0.1) is 10.3 Å². The van der Waals surface area contributed by atoms with Gasteiger partial charge in [0.1, 0.15) is 0 Å². The van der Waals surface area contributed by atoms with Crippen LogP contribution in [0.3, 0.4) is 0 Å². The molecule has 0 aliphatic carbocycles. The lowest BCUT2D eigenvalue weighted by Gasteiger charge is -2.38. The molecule has 3 rings (SSSR count). The third kappa shape index (κ3) is 3.59. The minimum atomic E-state index is -3.24. The van der Waals surface area contributed by atoms with Crippen molar-refractivity contribution in [2.24, 2.45) is 0 Å². The first-order valence-electron chi connectivity index (χ1n) is 8.75. The van der Waals surface area contributed by atoms with E-state index in [1.807, 2.05) is 81.4 Å². The fraction of sp³-hybridized carbons (Fsp3) is 0.333. The Morgan fingerprint density at radius 1 is 0.926 bits per heavy atom. The highest BCUT2D eigenvalue weighted by molar-refractivity contribution is 8.71. The SMILES string of the molecule is CC1(C)C(c2ccccc2)=C(CSS(C)(=O)=O)C(C)(c2ccccc2)N1[O]. The molecule has 27 heavy (non-hydrogen) atoms. The monoisotopic (exact) mass is 402 g/mol. The fourth-order valence-corrected chi connectivity index (χ4v) is 5.71.